The number of hydrogen-bond donors (Lipinski definition) is 1. The van der Waals surface area contributed by atoms with Gasteiger partial charge in [0.05, 0.1) is 0 Å². The summed E-state index contributed by atoms with van der Waals surface area (Å²) in [6.45, 7) is 5.59. The molecule has 1 atom stereocenters. The molecule has 1 aliphatic heterocycles. The average Bonchev–Trinajstić information content (AvgIpc) is 2.91. The molecular weight excluding hydrogens is 396 g/mol. The molecule has 1 aromatic heterocycles. The Hall–Kier alpha value is -1.85. The minimum atomic E-state index is 0.139. The summed E-state index contributed by atoms with van der Waals surface area (Å²) in [5.41, 5.74) is 4.40. The molecule has 1 aliphatic carbocycles. The van der Waals surface area contributed by atoms with Crippen LogP contribution in [0.1, 0.15) is 66.3 Å². The number of amides is 1. The third kappa shape index (κ3) is 4.89. The Balaban J connectivity index is 1.43. The first-order valence-electron chi connectivity index (χ1n) is 11.5. The highest BCUT2D eigenvalue weighted by Gasteiger charge is 2.30. The summed E-state index contributed by atoms with van der Waals surface area (Å²) in [6, 6.07) is 8.46. The van der Waals surface area contributed by atoms with Gasteiger partial charge in [0, 0.05) is 42.0 Å². The number of likely N-dealkylation sites (tertiary alicyclic amines) is 1. The fraction of sp³-hybridized carbons (Fsp3) is 0.583. The molecule has 162 valence electrons. The third-order valence-corrected chi connectivity index (χ3v) is 6.71. The van der Waals surface area contributed by atoms with E-state index in [0.29, 0.717) is 11.7 Å². The second kappa shape index (κ2) is 9.97. The Kier molecular flexibility index (Phi) is 7.11. The molecule has 1 saturated heterocycles. The van der Waals surface area contributed by atoms with Gasteiger partial charge in [0.1, 0.15) is 0 Å². The Bertz CT molecular complexity index is 870. The van der Waals surface area contributed by atoms with E-state index in [2.05, 4.69) is 23.0 Å². The fourth-order valence-corrected chi connectivity index (χ4v) is 5.04. The largest absolute Gasteiger partial charge is 0.337 e. The van der Waals surface area contributed by atoms with E-state index in [4.69, 9.17) is 16.7 Å². The lowest BCUT2D eigenvalue weighted by molar-refractivity contribution is 0.0753. The van der Waals surface area contributed by atoms with Crippen LogP contribution in [0.15, 0.2) is 24.3 Å². The highest BCUT2D eigenvalue weighted by Crippen LogP contribution is 2.27. The SMILES string of the molecule is CCn1nc(C(=O)N2CCCCCC2)c2c1CCC(NCCc1cccc(Cl)c1)C2. The molecule has 0 saturated carbocycles. The molecule has 1 fully saturated rings. The van der Waals surface area contributed by atoms with E-state index < -0.39 is 0 Å². The lowest BCUT2D eigenvalue weighted by Gasteiger charge is -2.25. The van der Waals surface area contributed by atoms with Gasteiger partial charge in [-0.3, -0.25) is 9.48 Å². The number of aromatic nitrogens is 2. The van der Waals surface area contributed by atoms with Gasteiger partial charge in [-0.25, -0.2) is 0 Å². The molecule has 0 spiro atoms. The first-order chi connectivity index (χ1) is 14.7. The summed E-state index contributed by atoms with van der Waals surface area (Å²) in [7, 11) is 0. The van der Waals surface area contributed by atoms with Crippen molar-refractivity contribution in [3.8, 4) is 0 Å². The van der Waals surface area contributed by atoms with Gasteiger partial charge in [-0.15, -0.1) is 0 Å². The minimum absolute atomic E-state index is 0.139. The number of rotatable bonds is 6. The molecule has 1 unspecified atom stereocenters. The van der Waals surface area contributed by atoms with Crippen LogP contribution in [-0.2, 0) is 25.8 Å². The van der Waals surface area contributed by atoms with Crippen LogP contribution in [0.25, 0.3) is 0 Å². The molecule has 1 N–H and O–H groups in total. The Morgan fingerprint density at radius 2 is 2.03 bits per heavy atom. The average molecular weight is 429 g/mol. The zero-order valence-electron chi connectivity index (χ0n) is 18.0. The second-order valence-corrected chi connectivity index (χ2v) is 9.01. The maximum absolute atomic E-state index is 13.3. The summed E-state index contributed by atoms with van der Waals surface area (Å²) >= 11 is 6.10. The number of aryl methyl sites for hydroxylation is 1. The number of carbonyl (C=O) groups excluding carboxylic acids is 1. The van der Waals surface area contributed by atoms with Crippen molar-refractivity contribution in [3.63, 3.8) is 0 Å². The smallest absolute Gasteiger partial charge is 0.274 e. The number of hydrogen-bond acceptors (Lipinski definition) is 3. The Morgan fingerprint density at radius 3 is 2.77 bits per heavy atom. The number of nitrogens with one attached hydrogen (secondary N) is 1. The Morgan fingerprint density at radius 1 is 1.23 bits per heavy atom. The van der Waals surface area contributed by atoms with Crippen molar-refractivity contribution in [1.29, 1.82) is 0 Å². The number of carbonyl (C=O) groups is 1. The molecule has 0 bridgehead atoms. The summed E-state index contributed by atoms with van der Waals surface area (Å²) < 4.78 is 2.06. The van der Waals surface area contributed by atoms with Gasteiger partial charge in [0.15, 0.2) is 5.69 Å². The molecule has 2 aromatic rings. The van der Waals surface area contributed by atoms with Crippen LogP contribution < -0.4 is 5.32 Å². The number of halogens is 1. The second-order valence-electron chi connectivity index (χ2n) is 8.57. The number of fused-ring (bicyclic) bond motifs is 1. The molecule has 30 heavy (non-hydrogen) atoms. The highest BCUT2D eigenvalue weighted by atomic mass is 35.5. The molecule has 6 heteroatoms. The van der Waals surface area contributed by atoms with E-state index in [1.54, 1.807) is 0 Å². The molecule has 2 aliphatic rings. The zero-order valence-corrected chi connectivity index (χ0v) is 18.8. The van der Waals surface area contributed by atoms with E-state index in [1.165, 1.54) is 29.7 Å². The third-order valence-electron chi connectivity index (χ3n) is 6.48. The number of benzene rings is 1. The van der Waals surface area contributed by atoms with Crippen LogP contribution in [0.2, 0.25) is 5.02 Å². The van der Waals surface area contributed by atoms with Gasteiger partial charge in [0.2, 0.25) is 0 Å². The molecule has 1 aromatic carbocycles. The quantitative estimate of drug-likeness (QED) is 0.747. The first kappa shape index (κ1) is 21.4. The minimum Gasteiger partial charge on any atom is -0.337 e. The van der Waals surface area contributed by atoms with Crippen LogP contribution in [-0.4, -0.2) is 46.3 Å². The van der Waals surface area contributed by atoms with Gasteiger partial charge in [-0.2, -0.15) is 5.10 Å². The first-order valence-corrected chi connectivity index (χ1v) is 11.9. The summed E-state index contributed by atoms with van der Waals surface area (Å²) in [5, 5.41) is 9.27. The fourth-order valence-electron chi connectivity index (χ4n) is 4.83. The van der Waals surface area contributed by atoms with E-state index in [1.807, 2.05) is 23.1 Å². The summed E-state index contributed by atoms with van der Waals surface area (Å²) in [5.74, 6) is 0.139. The van der Waals surface area contributed by atoms with E-state index >= 15 is 0 Å². The molecule has 2 heterocycles. The van der Waals surface area contributed by atoms with E-state index in [-0.39, 0.29) is 5.91 Å². The lowest BCUT2D eigenvalue weighted by Crippen LogP contribution is -2.37. The maximum atomic E-state index is 13.3. The molecule has 1 amide bonds. The standard InChI is InChI=1S/C24H33ClN4O/c1-2-29-22-11-10-20(26-13-12-18-8-7-9-19(25)16-18)17-21(22)23(27-29)24(30)28-14-5-3-4-6-15-28/h7-9,16,20,26H,2-6,10-15,17H2,1H3. The van der Waals surface area contributed by atoms with Crippen LogP contribution in [0.4, 0.5) is 0 Å². The normalized spacial score (nSPS) is 19.4. The van der Waals surface area contributed by atoms with Gasteiger partial charge in [-0.05, 0) is 69.7 Å². The van der Waals surface area contributed by atoms with Crippen LogP contribution in [0, 0.1) is 0 Å². The predicted octanol–water partition coefficient (Wildman–Crippen LogP) is 4.26. The molecule has 5 nitrogen and oxygen atoms in total. The van der Waals surface area contributed by atoms with Crippen molar-refractivity contribution < 1.29 is 4.79 Å². The maximum Gasteiger partial charge on any atom is 0.274 e. The Labute approximate surface area is 184 Å². The van der Waals surface area contributed by atoms with Gasteiger partial charge >= 0.3 is 0 Å². The monoisotopic (exact) mass is 428 g/mol. The topological polar surface area (TPSA) is 50.2 Å². The van der Waals surface area contributed by atoms with Crippen molar-refractivity contribution in [2.75, 3.05) is 19.6 Å². The van der Waals surface area contributed by atoms with E-state index in [9.17, 15) is 4.79 Å². The van der Waals surface area contributed by atoms with Crippen molar-refractivity contribution in [2.24, 2.45) is 0 Å². The van der Waals surface area contributed by atoms with Crippen molar-refractivity contribution in [3.05, 3.63) is 51.8 Å². The number of nitrogens with zero attached hydrogens (tertiary/aromatic N) is 3. The summed E-state index contributed by atoms with van der Waals surface area (Å²) in [4.78, 5) is 15.3. The van der Waals surface area contributed by atoms with Crippen molar-refractivity contribution >= 4 is 17.5 Å². The van der Waals surface area contributed by atoms with Crippen LogP contribution in [0.5, 0.6) is 0 Å². The van der Waals surface area contributed by atoms with Crippen molar-refractivity contribution in [1.82, 2.24) is 20.0 Å². The molecule has 0 radical (unpaired) electrons. The molecule has 4 rings (SSSR count). The highest BCUT2D eigenvalue weighted by molar-refractivity contribution is 6.30. The summed E-state index contributed by atoms with van der Waals surface area (Å²) in [6.07, 6.45) is 8.58. The van der Waals surface area contributed by atoms with Gasteiger partial charge in [0.25, 0.3) is 5.91 Å². The lowest BCUT2D eigenvalue weighted by atomic mass is 9.91. The molecular formula is C24H33ClN4O. The van der Waals surface area contributed by atoms with Crippen molar-refractivity contribution in [2.45, 2.75) is 70.9 Å². The predicted molar refractivity (Wildman–Crippen MR) is 121 cm³/mol. The van der Waals surface area contributed by atoms with Crippen LogP contribution in [0.3, 0.4) is 0 Å². The van der Waals surface area contributed by atoms with Gasteiger partial charge in [-0.1, -0.05) is 36.6 Å². The van der Waals surface area contributed by atoms with Gasteiger partial charge < -0.3 is 10.2 Å². The van der Waals surface area contributed by atoms with E-state index in [0.717, 1.165) is 69.7 Å². The van der Waals surface area contributed by atoms with Crippen LogP contribution >= 0.6 is 11.6 Å². The zero-order chi connectivity index (χ0) is 20.9.